The molecule has 1 heterocycles. The van der Waals surface area contributed by atoms with Crippen LogP contribution in [0.15, 0.2) is 41.8 Å². The minimum atomic E-state index is 0.774. The van der Waals surface area contributed by atoms with Crippen LogP contribution in [0.2, 0.25) is 0 Å². The van der Waals surface area contributed by atoms with Crippen LogP contribution >= 0.6 is 11.3 Å². The van der Waals surface area contributed by atoms with Gasteiger partial charge >= 0.3 is 0 Å². The van der Waals surface area contributed by atoms with E-state index >= 15 is 0 Å². The van der Waals surface area contributed by atoms with E-state index < -0.39 is 0 Å². The second-order valence-corrected chi connectivity index (χ2v) is 6.26. The number of thiazole rings is 1. The quantitative estimate of drug-likeness (QED) is 0.677. The number of aryl methyl sites for hydroxylation is 3. The van der Waals surface area contributed by atoms with Crippen molar-refractivity contribution in [1.82, 2.24) is 4.98 Å². The molecule has 0 unspecified atom stereocenters. The number of hydrogen-bond acceptors (Lipinski definition) is 3. The van der Waals surface area contributed by atoms with Crippen LogP contribution in [0.25, 0.3) is 21.8 Å². The first-order chi connectivity index (χ1) is 10.1. The van der Waals surface area contributed by atoms with Gasteiger partial charge in [-0.2, -0.15) is 0 Å². The van der Waals surface area contributed by atoms with Crippen molar-refractivity contribution in [3.05, 3.63) is 58.5 Å². The Labute approximate surface area is 129 Å². The maximum absolute atomic E-state index is 6.05. The third-order valence-corrected chi connectivity index (χ3v) is 4.50. The van der Waals surface area contributed by atoms with E-state index in [1.807, 2.05) is 24.3 Å². The van der Waals surface area contributed by atoms with E-state index in [0.29, 0.717) is 0 Å². The molecule has 0 spiro atoms. The zero-order chi connectivity index (χ0) is 15.0. The van der Waals surface area contributed by atoms with E-state index in [0.717, 1.165) is 22.0 Å². The number of nitrogens with two attached hydrogens (primary N) is 1. The van der Waals surface area contributed by atoms with E-state index in [1.165, 1.54) is 22.3 Å². The highest BCUT2D eigenvalue weighted by molar-refractivity contribution is 7.13. The number of para-hydroxylation sites is 1. The molecule has 0 aliphatic heterocycles. The summed E-state index contributed by atoms with van der Waals surface area (Å²) in [5, 5.41) is 3.09. The smallest absolute Gasteiger partial charge is 0.126 e. The fourth-order valence-corrected chi connectivity index (χ4v) is 3.65. The molecule has 3 heteroatoms. The molecule has 0 amide bonds. The van der Waals surface area contributed by atoms with Crippen LogP contribution in [0.5, 0.6) is 0 Å². The van der Waals surface area contributed by atoms with Gasteiger partial charge in [0.05, 0.1) is 5.69 Å². The lowest BCUT2D eigenvalue weighted by molar-refractivity contribution is 1.29. The number of rotatable bonds is 2. The molecule has 0 atom stereocenters. The molecule has 1 aromatic heterocycles. The lowest BCUT2D eigenvalue weighted by Crippen LogP contribution is -1.91. The number of hydrogen-bond donors (Lipinski definition) is 1. The summed E-state index contributed by atoms with van der Waals surface area (Å²) >= 11 is 1.64. The third-order valence-electron chi connectivity index (χ3n) is 3.63. The molecular weight excluding hydrogens is 276 g/mol. The van der Waals surface area contributed by atoms with Crippen LogP contribution in [0.3, 0.4) is 0 Å². The Morgan fingerprint density at radius 3 is 2.33 bits per heavy atom. The van der Waals surface area contributed by atoms with Crippen LogP contribution in [0.1, 0.15) is 16.7 Å². The number of nitrogens with zero attached hydrogens (tertiary/aromatic N) is 1. The van der Waals surface area contributed by atoms with Crippen LogP contribution in [0, 0.1) is 20.8 Å². The highest BCUT2D eigenvalue weighted by atomic mass is 32.1. The zero-order valence-electron chi connectivity index (χ0n) is 12.5. The van der Waals surface area contributed by atoms with Crippen molar-refractivity contribution in [2.45, 2.75) is 20.8 Å². The minimum Gasteiger partial charge on any atom is -0.398 e. The van der Waals surface area contributed by atoms with Crippen LogP contribution in [0.4, 0.5) is 5.69 Å². The summed E-state index contributed by atoms with van der Waals surface area (Å²) in [5.41, 5.74) is 13.9. The first kappa shape index (κ1) is 13.8. The number of nitrogen functional groups attached to an aromatic ring is 1. The Balaban J connectivity index is 2.10. The molecule has 0 radical (unpaired) electrons. The zero-order valence-corrected chi connectivity index (χ0v) is 13.3. The van der Waals surface area contributed by atoms with Crippen molar-refractivity contribution >= 4 is 17.0 Å². The van der Waals surface area contributed by atoms with Gasteiger partial charge in [0, 0.05) is 22.2 Å². The molecule has 0 fully saturated rings. The Morgan fingerprint density at radius 2 is 1.67 bits per heavy atom. The molecule has 3 rings (SSSR count). The topological polar surface area (TPSA) is 38.9 Å². The molecular formula is C18H18N2S. The SMILES string of the molecule is Cc1cc(C)c(-c2csc(-c3ccccc3N)n2)c(C)c1. The summed E-state index contributed by atoms with van der Waals surface area (Å²) in [5.74, 6) is 0. The van der Waals surface area contributed by atoms with E-state index in [2.05, 4.69) is 38.3 Å². The van der Waals surface area contributed by atoms with Crippen molar-refractivity contribution in [3.8, 4) is 21.8 Å². The maximum Gasteiger partial charge on any atom is 0.126 e. The summed E-state index contributed by atoms with van der Waals surface area (Å²) in [4.78, 5) is 4.80. The fraction of sp³-hybridized carbons (Fsp3) is 0.167. The van der Waals surface area contributed by atoms with Crippen LogP contribution in [-0.2, 0) is 0 Å². The molecule has 2 aromatic carbocycles. The summed E-state index contributed by atoms with van der Waals surface area (Å²) in [7, 11) is 0. The molecule has 0 bridgehead atoms. The predicted molar refractivity (Wildman–Crippen MR) is 91.6 cm³/mol. The molecule has 0 saturated heterocycles. The van der Waals surface area contributed by atoms with Gasteiger partial charge in [-0.1, -0.05) is 29.8 Å². The summed E-state index contributed by atoms with van der Waals surface area (Å²) < 4.78 is 0. The van der Waals surface area contributed by atoms with Crippen molar-refractivity contribution in [2.24, 2.45) is 0 Å². The molecule has 0 aliphatic rings. The second kappa shape index (κ2) is 5.34. The lowest BCUT2D eigenvalue weighted by atomic mass is 9.98. The average molecular weight is 294 g/mol. The normalized spacial score (nSPS) is 10.8. The molecule has 106 valence electrons. The maximum atomic E-state index is 6.05. The van der Waals surface area contributed by atoms with Gasteiger partial charge in [-0.25, -0.2) is 4.98 Å². The summed E-state index contributed by atoms with van der Waals surface area (Å²) in [6.07, 6.45) is 0. The van der Waals surface area contributed by atoms with Gasteiger partial charge in [-0.3, -0.25) is 0 Å². The standard InChI is InChI=1S/C18H18N2S/c1-11-8-12(2)17(13(3)9-11)16-10-21-18(20-16)14-6-4-5-7-15(14)19/h4-10H,19H2,1-3H3. The Bertz CT molecular complexity index is 779. The van der Waals surface area contributed by atoms with Gasteiger partial charge in [-0.15, -0.1) is 11.3 Å². The molecule has 2 N–H and O–H groups in total. The first-order valence-corrected chi connectivity index (χ1v) is 7.83. The highest BCUT2D eigenvalue weighted by Crippen LogP contribution is 2.34. The Kier molecular flexibility index (Phi) is 3.52. The van der Waals surface area contributed by atoms with Crippen LogP contribution in [-0.4, -0.2) is 4.98 Å². The van der Waals surface area contributed by atoms with E-state index in [4.69, 9.17) is 10.7 Å². The van der Waals surface area contributed by atoms with E-state index in [9.17, 15) is 0 Å². The van der Waals surface area contributed by atoms with Gasteiger partial charge in [0.15, 0.2) is 0 Å². The predicted octanol–water partition coefficient (Wildman–Crippen LogP) is 4.98. The van der Waals surface area contributed by atoms with E-state index in [-0.39, 0.29) is 0 Å². The third kappa shape index (κ3) is 2.57. The van der Waals surface area contributed by atoms with Crippen molar-refractivity contribution < 1.29 is 0 Å². The minimum absolute atomic E-state index is 0.774. The Hall–Kier alpha value is -2.13. The highest BCUT2D eigenvalue weighted by Gasteiger charge is 2.12. The van der Waals surface area contributed by atoms with Crippen molar-refractivity contribution in [2.75, 3.05) is 5.73 Å². The number of aromatic nitrogens is 1. The molecule has 2 nitrogen and oxygen atoms in total. The van der Waals surface area contributed by atoms with Gasteiger partial charge in [0.2, 0.25) is 0 Å². The van der Waals surface area contributed by atoms with Crippen LogP contribution < -0.4 is 5.73 Å². The second-order valence-electron chi connectivity index (χ2n) is 5.40. The number of anilines is 1. The monoisotopic (exact) mass is 294 g/mol. The van der Waals surface area contributed by atoms with Crippen molar-refractivity contribution in [3.63, 3.8) is 0 Å². The molecule has 0 saturated carbocycles. The fourth-order valence-electron chi connectivity index (χ4n) is 2.79. The summed E-state index contributed by atoms with van der Waals surface area (Å²) in [6, 6.07) is 12.3. The molecule has 3 aromatic rings. The largest absolute Gasteiger partial charge is 0.398 e. The Morgan fingerprint density at radius 1 is 1.00 bits per heavy atom. The van der Waals surface area contributed by atoms with Gasteiger partial charge < -0.3 is 5.73 Å². The van der Waals surface area contributed by atoms with E-state index in [1.54, 1.807) is 11.3 Å². The molecule has 21 heavy (non-hydrogen) atoms. The van der Waals surface area contributed by atoms with Gasteiger partial charge in [-0.05, 0) is 44.0 Å². The molecule has 0 aliphatic carbocycles. The lowest BCUT2D eigenvalue weighted by Gasteiger charge is -2.08. The van der Waals surface area contributed by atoms with Gasteiger partial charge in [0.1, 0.15) is 5.01 Å². The van der Waals surface area contributed by atoms with Crippen molar-refractivity contribution in [1.29, 1.82) is 0 Å². The first-order valence-electron chi connectivity index (χ1n) is 6.95. The van der Waals surface area contributed by atoms with Gasteiger partial charge in [0.25, 0.3) is 0 Å². The summed E-state index contributed by atoms with van der Waals surface area (Å²) in [6.45, 7) is 6.41. The number of benzene rings is 2. The average Bonchev–Trinajstić information content (AvgIpc) is 2.87.